The maximum Gasteiger partial charge on any atom is 0.159 e. The first-order valence-electron chi connectivity index (χ1n) is 4.30. The number of aromatic nitrogens is 1. The van der Waals surface area contributed by atoms with Crippen molar-refractivity contribution in [3.63, 3.8) is 0 Å². The van der Waals surface area contributed by atoms with Gasteiger partial charge < -0.3 is 14.4 Å². The quantitative estimate of drug-likeness (QED) is 0.681. The smallest absolute Gasteiger partial charge is 0.159 e. The second-order valence-corrected chi connectivity index (χ2v) is 3.10. The third-order valence-electron chi connectivity index (χ3n) is 2.18. The minimum absolute atomic E-state index is 0.172. The monoisotopic (exact) mass is 167 g/mol. The van der Waals surface area contributed by atoms with Crippen molar-refractivity contribution < 1.29 is 9.84 Å². The van der Waals surface area contributed by atoms with Crippen molar-refractivity contribution in [1.82, 2.24) is 4.57 Å². The SMILES string of the molecule is OC1CCCOC1n1cccc1. The van der Waals surface area contributed by atoms with E-state index in [9.17, 15) is 5.11 Å². The van der Waals surface area contributed by atoms with E-state index >= 15 is 0 Å². The standard InChI is InChI=1S/C9H13NO2/c11-8-4-3-7-12-9(8)10-5-1-2-6-10/h1-2,5-6,8-9,11H,3-4,7H2. The summed E-state index contributed by atoms with van der Waals surface area (Å²) >= 11 is 0. The van der Waals surface area contributed by atoms with Gasteiger partial charge >= 0.3 is 0 Å². The Bertz CT molecular complexity index is 233. The fourth-order valence-electron chi connectivity index (χ4n) is 1.55. The molecule has 66 valence electrons. The number of aliphatic hydroxyl groups is 1. The first kappa shape index (κ1) is 7.83. The van der Waals surface area contributed by atoms with Gasteiger partial charge in [0.2, 0.25) is 0 Å². The molecule has 12 heavy (non-hydrogen) atoms. The maximum atomic E-state index is 9.59. The Kier molecular flexibility index (Phi) is 2.15. The van der Waals surface area contributed by atoms with Crippen LogP contribution in [0.1, 0.15) is 19.1 Å². The van der Waals surface area contributed by atoms with Gasteiger partial charge in [-0.2, -0.15) is 0 Å². The van der Waals surface area contributed by atoms with E-state index in [1.165, 1.54) is 0 Å². The van der Waals surface area contributed by atoms with Crippen LogP contribution in [-0.4, -0.2) is 22.4 Å². The zero-order valence-electron chi connectivity index (χ0n) is 6.89. The number of rotatable bonds is 1. The normalized spacial score (nSPS) is 30.4. The fourth-order valence-corrected chi connectivity index (χ4v) is 1.55. The molecule has 1 aromatic heterocycles. The van der Waals surface area contributed by atoms with E-state index in [1.807, 2.05) is 29.1 Å². The van der Waals surface area contributed by atoms with Crippen LogP contribution in [0.3, 0.4) is 0 Å². The van der Waals surface area contributed by atoms with Gasteiger partial charge in [0.1, 0.15) is 0 Å². The van der Waals surface area contributed by atoms with E-state index in [0.29, 0.717) is 0 Å². The van der Waals surface area contributed by atoms with Gasteiger partial charge in [-0.1, -0.05) is 0 Å². The van der Waals surface area contributed by atoms with Crippen LogP contribution in [0.4, 0.5) is 0 Å². The van der Waals surface area contributed by atoms with Crippen molar-refractivity contribution in [3.05, 3.63) is 24.5 Å². The summed E-state index contributed by atoms with van der Waals surface area (Å²) in [6.07, 6.45) is 5.10. The highest BCUT2D eigenvalue weighted by Gasteiger charge is 2.24. The van der Waals surface area contributed by atoms with Gasteiger partial charge in [0.05, 0.1) is 6.10 Å². The predicted octanol–water partition coefficient (Wildman–Crippen LogP) is 1.16. The highest BCUT2D eigenvalue weighted by atomic mass is 16.5. The molecule has 0 aliphatic carbocycles. The van der Waals surface area contributed by atoms with Gasteiger partial charge in [-0.25, -0.2) is 0 Å². The number of ether oxygens (including phenoxy) is 1. The summed E-state index contributed by atoms with van der Waals surface area (Å²) in [5.74, 6) is 0. The van der Waals surface area contributed by atoms with Gasteiger partial charge in [0.15, 0.2) is 6.23 Å². The number of hydrogen-bond donors (Lipinski definition) is 1. The molecule has 3 nitrogen and oxygen atoms in total. The van der Waals surface area contributed by atoms with Crippen molar-refractivity contribution in [2.75, 3.05) is 6.61 Å². The topological polar surface area (TPSA) is 34.4 Å². The van der Waals surface area contributed by atoms with Crippen LogP contribution >= 0.6 is 0 Å². The molecule has 1 aromatic rings. The average molecular weight is 167 g/mol. The number of nitrogens with zero attached hydrogens (tertiary/aromatic N) is 1. The third-order valence-corrected chi connectivity index (χ3v) is 2.18. The summed E-state index contributed by atoms with van der Waals surface area (Å²) in [6.45, 7) is 0.750. The number of aliphatic hydroxyl groups excluding tert-OH is 1. The molecule has 2 atom stereocenters. The zero-order chi connectivity index (χ0) is 8.39. The third kappa shape index (κ3) is 1.38. The fraction of sp³-hybridized carbons (Fsp3) is 0.556. The summed E-state index contributed by atoms with van der Waals surface area (Å²) in [5, 5.41) is 9.59. The molecule has 0 amide bonds. The van der Waals surface area contributed by atoms with Gasteiger partial charge in [0, 0.05) is 19.0 Å². The highest BCUT2D eigenvalue weighted by molar-refractivity contribution is 4.93. The molecular formula is C9H13NO2. The minimum atomic E-state index is -0.355. The van der Waals surface area contributed by atoms with Crippen LogP contribution in [0.2, 0.25) is 0 Å². The van der Waals surface area contributed by atoms with E-state index in [0.717, 1.165) is 19.4 Å². The minimum Gasteiger partial charge on any atom is -0.388 e. The van der Waals surface area contributed by atoms with E-state index in [-0.39, 0.29) is 12.3 Å². The first-order chi connectivity index (χ1) is 5.88. The van der Waals surface area contributed by atoms with Gasteiger partial charge in [-0.15, -0.1) is 0 Å². The molecule has 3 heteroatoms. The Balaban J connectivity index is 2.11. The van der Waals surface area contributed by atoms with Crippen molar-refractivity contribution >= 4 is 0 Å². The molecule has 2 unspecified atom stereocenters. The molecule has 0 aromatic carbocycles. The lowest BCUT2D eigenvalue weighted by Gasteiger charge is -2.28. The van der Waals surface area contributed by atoms with Gasteiger partial charge in [0.25, 0.3) is 0 Å². The van der Waals surface area contributed by atoms with E-state index in [1.54, 1.807) is 0 Å². The van der Waals surface area contributed by atoms with E-state index in [2.05, 4.69) is 0 Å². The zero-order valence-corrected chi connectivity index (χ0v) is 6.89. The lowest BCUT2D eigenvalue weighted by Crippen LogP contribution is -2.30. The Morgan fingerprint density at radius 3 is 2.75 bits per heavy atom. The molecule has 0 radical (unpaired) electrons. The Hall–Kier alpha value is -0.800. The molecule has 1 aliphatic heterocycles. The summed E-state index contributed by atoms with van der Waals surface area (Å²) in [5.41, 5.74) is 0. The molecule has 1 N–H and O–H groups in total. The van der Waals surface area contributed by atoms with Crippen LogP contribution in [0.15, 0.2) is 24.5 Å². The van der Waals surface area contributed by atoms with Crippen LogP contribution in [0.25, 0.3) is 0 Å². The molecule has 1 aliphatic rings. The van der Waals surface area contributed by atoms with E-state index in [4.69, 9.17) is 4.74 Å². The second-order valence-electron chi connectivity index (χ2n) is 3.10. The maximum absolute atomic E-state index is 9.59. The molecule has 0 saturated carbocycles. The Morgan fingerprint density at radius 1 is 1.33 bits per heavy atom. The van der Waals surface area contributed by atoms with Crippen LogP contribution in [-0.2, 0) is 4.74 Å². The summed E-state index contributed by atoms with van der Waals surface area (Å²) < 4.78 is 7.35. The molecule has 0 spiro atoms. The molecule has 0 bridgehead atoms. The van der Waals surface area contributed by atoms with Crippen molar-refractivity contribution in [2.24, 2.45) is 0 Å². The lowest BCUT2D eigenvalue weighted by atomic mass is 10.1. The highest BCUT2D eigenvalue weighted by Crippen LogP contribution is 2.22. The Morgan fingerprint density at radius 2 is 2.08 bits per heavy atom. The van der Waals surface area contributed by atoms with E-state index < -0.39 is 0 Å². The second kappa shape index (κ2) is 3.29. The predicted molar refractivity (Wildman–Crippen MR) is 44.7 cm³/mol. The molecule has 2 rings (SSSR count). The molecule has 1 saturated heterocycles. The van der Waals surface area contributed by atoms with Gasteiger partial charge in [-0.3, -0.25) is 0 Å². The molecule has 1 fully saturated rings. The van der Waals surface area contributed by atoms with Crippen molar-refractivity contribution in [2.45, 2.75) is 25.2 Å². The van der Waals surface area contributed by atoms with Crippen molar-refractivity contribution in [3.8, 4) is 0 Å². The largest absolute Gasteiger partial charge is 0.388 e. The first-order valence-corrected chi connectivity index (χ1v) is 4.30. The molecular weight excluding hydrogens is 154 g/mol. The van der Waals surface area contributed by atoms with Crippen molar-refractivity contribution in [1.29, 1.82) is 0 Å². The summed E-state index contributed by atoms with van der Waals surface area (Å²) in [7, 11) is 0. The average Bonchev–Trinajstić information content (AvgIpc) is 2.57. The number of hydrogen-bond acceptors (Lipinski definition) is 2. The Labute approximate surface area is 71.6 Å². The van der Waals surface area contributed by atoms with Crippen LogP contribution in [0.5, 0.6) is 0 Å². The van der Waals surface area contributed by atoms with Crippen LogP contribution < -0.4 is 0 Å². The summed E-state index contributed by atoms with van der Waals surface area (Å²) in [6, 6.07) is 3.87. The molecule has 2 heterocycles. The van der Waals surface area contributed by atoms with Crippen LogP contribution in [0, 0.1) is 0 Å². The summed E-state index contributed by atoms with van der Waals surface area (Å²) in [4.78, 5) is 0. The van der Waals surface area contributed by atoms with Gasteiger partial charge in [-0.05, 0) is 25.0 Å². The lowest BCUT2D eigenvalue weighted by molar-refractivity contribution is -0.114.